The predicted molar refractivity (Wildman–Crippen MR) is 74.5 cm³/mol. The molecule has 0 spiro atoms. The first-order valence-electron chi connectivity index (χ1n) is 6.57. The van der Waals surface area contributed by atoms with Gasteiger partial charge in [0.15, 0.2) is 0 Å². The quantitative estimate of drug-likeness (QED) is 0.766. The third-order valence-corrected chi connectivity index (χ3v) is 4.28. The zero-order valence-electron chi connectivity index (χ0n) is 11.3. The van der Waals surface area contributed by atoms with E-state index in [1.165, 1.54) is 5.56 Å². The van der Waals surface area contributed by atoms with Gasteiger partial charge in [-0.05, 0) is 25.8 Å². The Labute approximate surface area is 114 Å². The van der Waals surface area contributed by atoms with Gasteiger partial charge < -0.3 is 9.47 Å². The van der Waals surface area contributed by atoms with Crippen molar-refractivity contribution in [3.05, 3.63) is 29.3 Å². The van der Waals surface area contributed by atoms with Gasteiger partial charge in [0.05, 0.1) is 18.6 Å². The van der Waals surface area contributed by atoms with Crippen LogP contribution in [0.1, 0.15) is 36.3 Å². The van der Waals surface area contributed by atoms with E-state index in [4.69, 9.17) is 21.1 Å². The maximum Gasteiger partial charge on any atom is 0.123 e. The summed E-state index contributed by atoms with van der Waals surface area (Å²) in [5.74, 6) is 1.26. The van der Waals surface area contributed by atoms with Crippen LogP contribution in [0.25, 0.3) is 0 Å². The minimum atomic E-state index is -0.0349. The Hall–Kier alpha value is -0.730. The molecular weight excluding hydrogens is 248 g/mol. The van der Waals surface area contributed by atoms with E-state index in [1.807, 2.05) is 12.1 Å². The summed E-state index contributed by atoms with van der Waals surface area (Å²) in [6.07, 6.45) is 2.32. The van der Waals surface area contributed by atoms with Crippen LogP contribution in [0.4, 0.5) is 0 Å². The van der Waals surface area contributed by atoms with E-state index >= 15 is 0 Å². The molecule has 3 atom stereocenters. The lowest BCUT2D eigenvalue weighted by molar-refractivity contribution is 0.0863. The number of hydrogen-bond donors (Lipinski definition) is 0. The van der Waals surface area contributed by atoms with Crippen LogP contribution in [-0.4, -0.2) is 19.8 Å². The van der Waals surface area contributed by atoms with Crippen molar-refractivity contribution in [2.45, 2.75) is 38.2 Å². The summed E-state index contributed by atoms with van der Waals surface area (Å²) < 4.78 is 11.2. The van der Waals surface area contributed by atoms with Gasteiger partial charge in [-0.3, -0.25) is 0 Å². The monoisotopic (exact) mass is 268 g/mol. The SMILES string of the molecule is CCC1OCCC1C(Cl)c1cc(C)ccc1OC. The van der Waals surface area contributed by atoms with Crippen LogP contribution in [0.3, 0.4) is 0 Å². The van der Waals surface area contributed by atoms with Crippen molar-refractivity contribution in [2.24, 2.45) is 5.92 Å². The molecule has 0 aliphatic carbocycles. The maximum atomic E-state index is 6.68. The van der Waals surface area contributed by atoms with Crippen LogP contribution in [0.2, 0.25) is 0 Å². The second-order valence-electron chi connectivity index (χ2n) is 4.92. The first-order valence-corrected chi connectivity index (χ1v) is 7.01. The van der Waals surface area contributed by atoms with Gasteiger partial charge in [0, 0.05) is 18.1 Å². The number of methoxy groups -OCH3 is 1. The van der Waals surface area contributed by atoms with E-state index in [2.05, 4.69) is 19.9 Å². The molecular formula is C15H21ClO2. The second-order valence-corrected chi connectivity index (χ2v) is 5.39. The van der Waals surface area contributed by atoms with E-state index in [1.54, 1.807) is 7.11 Å². The van der Waals surface area contributed by atoms with E-state index in [0.717, 1.165) is 30.8 Å². The number of aryl methyl sites for hydroxylation is 1. The van der Waals surface area contributed by atoms with Crippen LogP contribution < -0.4 is 4.74 Å². The van der Waals surface area contributed by atoms with Crippen molar-refractivity contribution in [2.75, 3.05) is 13.7 Å². The first-order chi connectivity index (χ1) is 8.67. The average molecular weight is 269 g/mol. The van der Waals surface area contributed by atoms with Gasteiger partial charge in [0.1, 0.15) is 5.75 Å². The lowest BCUT2D eigenvalue weighted by Crippen LogP contribution is -2.19. The van der Waals surface area contributed by atoms with Crippen LogP contribution in [0, 0.1) is 12.8 Å². The van der Waals surface area contributed by atoms with Gasteiger partial charge in [0.2, 0.25) is 0 Å². The normalized spacial score (nSPS) is 25.1. The third-order valence-electron chi connectivity index (χ3n) is 3.72. The molecule has 1 aliphatic heterocycles. The molecule has 1 aromatic carbocycles. The minimum Gasteiger partial charge on any atom is -0.496 e. The van der Waals surface area contributed by atoms with E-state index in [9.17, 15) is 0 Å². The summed E-state index contributed by atoms with van der Waals surface area (Å²) in [7, 11) is 1.69. The molecule has 1 aliphatic rings. The van der Waals surface area contributed by atoms with Crippen LogP contribution in [-0.2, 0) is 4.74 Å². The summed E-state index contributed by atoms with van der Waals surface area (Å²) >= 11 is 6.68. The Bertz CT molecular complexity index is 405. The number of halogens is 1. The summed E-state index contributed by atoms with van der Waals surface area (Å²) in [6, 6.07) is 6.17. The highest BCUT2D eigenvalue weighted by molar-refractivity contribution is 6.21. The summed E-state index contributed by atoms with van der Waals surface area (Å²) in [5.41, 5.74) is 2.30. The molecule has 3 heteroatoms. The van der Waals surface area contributed by atoms with Gasteiger partial charge in [-0.25, -0.2) is 0 Å². The van der Waals surface area contributed by atoms with Gasteiger partial charge in [-0.1, -0.05) is 24.6 Å². The molecule has 18 heavy (non-hydrogen) atoms. The molecule has 0 aromatic heterocycles. The van der Waals surface area contributed by atoms with Gasteiger partial charge in [-0.15, -0.1) is 11.6 Å². The highest BCUT2D eigenvalue weighted by Gasteiger charge is 2.34. The molecule has 0 N–H and O–H groups in total. The van der Waals surface area contributed by atoms with E-state index in [0.29, 0.717) is 5.92 Å². The Morgan fingerprint density at radius 1 is 1.50 bits per heavy atom. The number of ether oxygens (including phenoxy) is 2. The van der Waals surface area contributed by atoms with Crippen molar-refractivity contribution >= 4 is 11.6 Å². The van der Waals surface area contributed by atoms with Crippen molar-refractivity contribution in [1.82, 2.24) is 0 Å². The molecule has 0 bridgehead atoms. The lowest BCUT2D eigenvalue weighted by atomic mass is 9.90. The molecule has 3 unspecified atom stereocenters. The van der Waals surface area contributed by atoms with E-state index < -0.39 is 0 Å². The molecule has 0 amide bonds. The smallest absolute Gasteiger partial charge is 0.123 e. The topological polar surface area (TPSA) is 18.5 Å². The van der Waals surface area contributed by atoms with Gasteiger partial charge in [-0.2, -0.15) is 0 Å². The fourth-order valence-electron chi connectivity index (χ4n) is 2.72. The number of alkyl halides is 1. The third kappa shape index (κ3) is 2.65. The zero-order valence-corrected chi connectivity index (χ0v) is 12.0. The predicted octanol–water partition coefficient (Wildman–Crippen LogP) is 4.10. The fraction of sp³-hybridized carbons (Fsp3) is 0.600. The molecule has 1 aromatic rings. The molecule has 2 rings (SSSR count). The molecule has 1 fully saturated rings. The number of hydrogen-bond acceptors (Lipinski definition) is 2. The van der Waals surface area contributed by atoms with Crippen molar-refractivity contribution in [3.8, 4) is 5.75 Å². The largest absolute Gasteiger partial charge is 0.496 e. The summed E-state index contributed by atoms with van der Waals surface area (Å²) in [6.45, 7) is 5.05. The summed E-state index contributed by atoms with van der Waals surface area (Å²) in [4.78, 5) is 0. The first kappa shape index (κ1) is 13.7. The van der Waals surface area contributed by atoms with Crippen LogP contribution in [0.15, 0.2) is 18.2 Å². The fourth-order valence-corrected chi connectivity index (χ4v) is 3.18. The Balaban J connectivity index is 2.27. The number of rotatable bonds is 4. The standard InChI is InChI=1S/C15H21ClO2/c1-4-13-11(7-8-18-13)15(16)12-9-10(2)5-6-14(12)17-3/h5-6,9,11,13,15H,4,7-8H2,1-3H3. The van der Waals surface area contributed by atoms with E-state index in [-0.39, 0.29) is 11.5 Å². The molecule has 2 nitrogen and oxygen atoms in total. The van der Waals surface area contributed by atoms with Gasteiger partial charge in [0.25, 0.3) is 0 Å². The highest BCUT2D eigenvalue weighted by Crippen LogP contribution is 2.42. The summed E-state index contributed by atoms with van der Waals surface area (Å²) in [5, 5.41) is -0.0349. The average Bonchev–Trinajstić information content (AvgIpc) is 2.86. The van der Waals surface area contributed by atoms with Crippen molar-refractivity contribution < 1.29 is 9.47 Å². The number of benzene rings is 1. The molecule has 100 valence electrons. The molecule has 0 saturated carbocycles. The van der Waals surface area contributed by atoms with Gasteiger partial charge >= 0.3 is 0 Å². The minimum absolute atomic E-state index is 0.0349. The zero-order chi connectivity index (χ0) is 13.1. The van der Waals surface area contributed by atoms with Crippen molar-refractivity contribution in [3.63, 3.8) is 0 Å². The van der Waals surface area contributed by atoms with Crippen LogP contribution >= 0.6 is 11.6 Å². The molecule has 0 radical (unpaired) electrons. The Morgan fingerprint density at radius 3 is 2.94 bits per heavy atom. The van der Waals surface area contributed by atoms with Crippen LogP contribution in [0.5, 0.6) is 5.75 Å². The Morgan fingerprint density at radius 2 is 2.28 bits per heavy atom. The maximum absolute atomic E-state index is 6.68. The van der Waals surface area contributed by atoms with Crippen molar-refractivity contribution in [1.29, 1.82) is 0 Å². The molecule has 1 heterocycles. The Kier molecular flexibility index (Phi) is 4.52. The molecule has 1 saturated heterocycles. The highest BCUT2D eigenvalue weighted by atomic mass is 35.5. The second kappa shape index (κ2) is 5.94. The lowest BCUT2D eigenvalue weighted by Gasteiger charge is -2.24.